The van der Waals surface area contributed by atoms with E-state index in [0.717, 1.165) is 10.7 Å². The molecule has 0 spiro atoms. The van der Waals surface area contributed by atoms with E-state index in [9.17, 15) is 22.8 Å². The van der Waals surface area contributed by atoms with Crippen molar-refractivity contribution in [3.8, 4) is 11.3 Å². The van der Waals surface area contributed by atoms with Gasteiger partial charge in [-0.2, -0.15) is 9.78 Å². The molecule has 1 aliphatic rings. The zero-order chi connectivity index (χ0) is 24.5. The predicted octanol–water partition coefficient (Wildman–Crippen LogP) is 2.04. The van der Waals surface area contributed by atoms with Crippen molar-refractivity contribution in [2.75, 3.05) is 26.7 Å². The number of benzene rings is 1. The third kappa shape index (κ3) is 5.19. The summed E-state index contributed by atoms with van der Waals surface area (Å²) in [6.45, 7) is 6.01. The van der Waals surface area contributed by atoms with Gasteiger partial charge in [-0.15, -0.1) is 0 Å². The molecule has 1 aromatic carbocycles. The number of likely N-dealkylation sites (N-methyl/N-ethyl adjacent to an activating group) is 1. The minimum absolute atomic E-state index is 0.0306. The number of nitrogens with one attached hydrogen (secondary N) is 2. The van der Waals surface area contributed by atoms with E-state index in [0.29, 0.717) is 36.8 Å². The number of rotatable bonds is 5. The molecular formula is C22H28F3N5O3. The first-order valence-electron chi connectivity index (χ1n) is 10.6. The summed E-state index contributed by atoms with van der Waals surface area (Å²) in [4.78, 5) is 27.8. The molecule has 8 nitrogen and oxygen atoms in total. The van der Waals surface area contributed by atoms with Crippen LogP contribution in [0.4, 0.5) is 18.0 Å². The number of hydrogen-bond acceptors (Lipinski definition) is 5. The molecule has 1 aromatic heterocycles. The Morgan fingerprint density at radius 2 is 1.85 bits per heavy atom. The first kappa shape index (κ1) is 24.7. The smallest absolute Gasteiger partial charge is 0.343 e. The summed E-state index contributed by atoms with van der Waals surface area (Å²) in [6, 6.07) is -0.489. The molecule has 11 heteroatoms. The van der Waals surface area contributed by atoms with Gasteiger partial charge in [-0.3, -0.25) is 4.79 Å². The molecule has 0 fully saturated rings. The van der Waals surface area contributed by atoms with E-state index in [1.54, 1.807) is 20.8 Å². The number of carbonyl (C=O) groups excluding carboxylic acids is 2. The van der Waals surface area contributed by atoms with E-state index in [2.05, 4.69) is 15.7 Å². The van der Waals surface area contributed by atoms with Gasteiger partial charge in [0.25, 0.3) is 0 Å². The molecule has 0 bridgehead atoms. The first-order chi connectivity index (χ1) is 15.4. The fraction of sp³-hybridized carbons (Fsp3) is 0.500. The van der Waals surface area contributed by atoms with Crippen LogP contribution >= 0.6 is 0 Å². The van der Waals surface area contributed by atoms with Gasteiger partial charge >= 0.3 is 6.03 Å². The molecule has 2 heterocycles. The van der Waals surface area contributed by atoms with Crippen molar-refractivity contribution in [3.05, 3.63) is 40.8 Å². The third-order valence-corrected chi connectivity index (χ3v) is 5.52. The summed E-state index contributed by atoms with van der Waals surface area (Å²) in [7, 11) is 1.84. The van der Waals surface area contributed by atoms with Gasteiger partial charge in [0, 0.05) is 36.8 Å². The Balaban J connectivity index is 2.03. The van der Waals surface area contributed by atoms with Crippen molar-refractivity contribution in [1.82, 2.24) is 25.3 Å². The molecule has 1 atom stereocenters. The topological polar surface area (TPSA) is 99.5 Å². The molecule has 2 amide bonds. The highest BCUT2D eigenvalue weighted by molar-refractivity contribution is 5.89. The van der Waals surface area contributed by atoms with Crippen molar-refractivity contribution in [3.63, 3.8) is 0 Å². The van der Waals surface area contributed by atoms with E-state index in [1.807, 2.05) is 11.9 Å². The lowest BCUT2D eigenvalue weighted by Gasteiger charge is -2.30. The van der Waals surface area contributed by atoms with E-state index in [4.69, 9.17) is 5.11 Å². The second-order valence-corrected chi connectivity index (χ2v) is 9.18. The van der Waals surface area contributed by atoms with Crippen molar-refractivity contribution >= 4 is 11.9 Å². The number of hydrogen-bond donors (Lipinski definition) is 3. The van der Waals surface area contributed by atoms with Gasteiger partial charge in [-0.1, -0.05) is 20.8 Å². The first-order valence-corrected chi connectivity index (χ1v) is 10.6. The Kier molecular flexibility index (Phi) is 7.13. The van der Waals surface area contributed by atoms with Crippen molar-refractivity contribution in [2.24, 2.45) is 5.41 Å². The number of aliphatic hydroxyl groups excluding tert-OH is 1. The molecule has 0 radical (unpaired) electrons. The summed E-state index contributed by atoms with van der Waals surface area (Å²) in [5, 5.41) is 18.5. The maximum atomic E-state index is 14.5. The minimum atomic E-state index is -1.32. The van der Waals surface area contributed by atoms with Crippen LogP contribution in [0, 0.1) is 22.9 Å². The highest BCUT2D eigenvalue weighted by Crippen LogP contribution is 2.32. The van der Waals surface area contributed by atoms with Gasteiger partial charge in [-0.25, -0.2) is 18.0 Å². The second kappa shape index (κ2) is 9.52. The highest BCUT2D eigenvalue weighted by Gasteiger charge is 2.35. The lowest BCUT2D eigenvalue weighted by atomic mass is 9.86. The predicted molar refractivity (Wildman–Crippen MR) is 115 cm³/mol. The quantitative estimate of drug-likeness (QED) is 0.585. The zero-order valence-corrected chi connectivity index (χ0v) is 19.0. The minimum Gasteiger partial charge on any atom is -0.395 e. The number of halogens is 3. The molecule has 3 rings (SSSR count). The van der Waals surface area contributed by atoms with Gasteiger partial charge in [0.1, 0.15) is 11.9 Å². The summed E-state index contributed by atoms with van der Waals surface area (Å²) < 4.78 is 42.9. The van der Waals surface area contributed by atoms with Crippen LogP contribution in [0.5, 0.6) is 0 Å². The molecule has 2 aromatic rings. The Morgan fingerprint density at radius 1 is 1.18 bits per heavy atom. The van der Waals surface area contributed by atoms with Crippen LogP contribution in [-0.2, 0) is 17.8 Å². The molecule has 0 saturated carbocycles. The van der Waals surface area contributed by atoms with Crippen LogP contribution in [0.1, 0.15) is 32.0 Å². The molecule has 1 aliphatic heterocycles. The number of amides is 2. The Bertz CT molecular complexity index is 1060. The van der Waals surface area contributed by atoms with Crippen LogP contribution in [0.2, 0.25) is 0 Å². The Hall–Kier alpha value is -2.92. The highest BCUT2D eigenvalue weighted by atomic mass is 19.2. The van der Waals surface area contributed by atoms with Crippen molar-refractivity contribution < 1.29 is 27.9 Å². The maximum Gasteiger partial charge on any atom is 0.343 e. The van der Waals surface area contributed by atoms with E-state index >= 15 is 0 Å². The average molecular weight is 467 g/mol. The van der Waals surface area contributed by atoms with Gasteiger partial charge < -0.3 is 20.6 Å². The van der Waals surface area contributed by atoms with Crippen LogP contribution in [0.25, 0.3) is 11.3 Å². The van der Waals surface area contributed by atoms with Crippen LogP contribution in [0.3, 0.4) is 0 Å². The largest absolute Gasteiger partial charge is 0.395 e. The van der Waals surface area contributed by atoms with Crippen LogP contribution < -0.4 is 10.6 Å². The average Bonchev–Trinajstić information content (AvgIpc) is 3.10. The molecule has 0 unspecified atom stereocenters. The molecule has 0 saturated heterocycles. The molecule has 3 N–H and O–H groups in total. The SMILES string of the molecule is CN1CCc2c(-c3cc(F)c(F)cc3F)nn(C(=O)N[C@H](C(=O)NCCO)C(C)(C)C)c2C1. The Labute approximate surface area is 189 Å². The number of aromatic nitrogens is 2. The van der Waals surface area contributed by atoms with Crippen molar-refractivity contribution in [1.29, 1.82) is 0 Å². The molecule has 180 valence electrons. The number of aliphatic hydroxyl groups is 1. The summed E-state index contributed by atoms with van der Waals surface area (Å²) in [5.74, 6) is -4.00. The normalized spacial score (nSPS) is 15.2. The number of fused-ring (bicyclic) bond motifs is 1. The lowest BCUT2D eigenvalue weighted by Crippen LogP contribution is -2.55. The molecule has 33 heavy (non-hydrogen) atoms. The summed E-state index contributed by atoms with van der Waals surface area (Å²) in [5.41, 5.74) is 0.179. The summed E-state index contributed by atoms with van der Waals surface area (Å²) >= 11 is 0. The fourth-order valence-corrected chi connectivity index (χ4v) is 3.78. The van der Waals surface area contributed by atoms with Gasteiger partial charge in [0.05, 0.1) is 18.0 Å². The molecule has 0 aliphatic carbocycles. The Morgan fingerprint density at radius 3 is 2.48 bits per heavy atom. The maximum absolute atomic E-state index is 14.5. The standard InChI is InChI=1S/C22H28F3N5O3/c1-22(2,3)19(20(32)26-6-8-31)27-21(33)30-17-11-29(4)7-5-12(17)18(28-30)13-9-15(24)16(25)10-14(13)23/h9-10,19,31H,5-8,11H2,1-4H3,(H,26,32)(H,27,33)/t19-/m1/s1. The monoisotopic (exact) mass is 467 g/mol. The van der Waals surface area contributed by atoms with Gasteiger partial charge in [-0.05, 0) is 24.9 Å². The fourth-order valence-electron chi connectivity index (χ4n) is 3.78. The van der Waals surface area contributed by atoms with E-state index in [-0.39, 0.29) is 24.4 Å². The van der Waals surface area contributed by atoms with E-state index < -0.39 is 40.8 Å². The number of nitrogens with zero attached hydrogens (tertiary/aromatic N) is 3. The van der Waals surface area contributed by atoms with Crippen LogP contribution in [-0.4, -0.2) is 64.5 Å². The zero-order valence-electron chi connectivity index (χ0n) is 19.0. The van der Waals surface area contributed by atoms with Gasteiger partial charge in [0.2, 0.25) is 5.91 Å². The van der Waals surface area contributed by atoms with Crippen molar-refractivity contribution in [2.45, 2.75) is 39.8 Å². The lowest BCUT2D eigenvalue weighted by molar-refractivity contribution is -0.125. The summed E-state index contributed by atoms with van der Waals surface area (Å²) in [6.07, 6.45) is 0.423. The van der Waals surface area contributed by atoms with E-state index in [1.165, 1.54) is 0 Å². The molecular weight excluding hydrogens is 439 g/mol. The van der Waals surface area contributed by atoms with Crippen LogP contribution in [0.15, 0.2) is 12.1 Å². The second-order valence-electron chi connectivity index (χ2n) is 9.18. The van der Waals surface area contributed by atoms with Gasteiger partial charge in [0.15, 0.2) is 11.6 Å². The third-order valence-electron chi connectivity index (χ3n) is 5.52. The number of carbonyl (C=O) groups is 2.